The van der Waals surface area contributed by atoms with Crippen LogP contribution >= 0.6 is 0 Å². The van der Waals surface area contributed by atoms with E-state index in [0.29, 0.717) is 23.1 Å². The Morgan fingerprint density at radius 3 is 2.23 bits per heavy atom. The van der Waals surface area contributed by atoms with Crippen molar-refractivity contribution in [2.45, 2.75) is 50.4 Å². The molecule has 2 aromatic rings. The lowest BCUT2D eigenvalue weighted by Crippen LogP contribution is -2.43. The number of nitrogens with zero attached hydrogens (tertiary/aromatic N) is 1. The number of anilines is 2. The SMILES string of the molecule is COc1ccccc1C(=O)Nc1cc2c3c(c1)[C@H]1CCC[C@@H]1CN3C[C@H]1CCC[C@H]21. The molecule has 0 radical (unpaired) electrons. The Hall–Kier alpha value is -2.49. The van der Waals surface area contributed by atoms with E-state index < -0.39 is 0 Å². The third kappa shape index (κ3) is 2.76. The number of hydrogen-bond donors (Lipinski definition) is 1. The number of carbonyl (C=O) groups excluding carboxylic acids is 1. The molecule has 0 unspecified atom stereocenters. The predicted octanol–water partition coefficient (Wildman–Crippen LogP) is 5.55. The number of fused-ring (bicyclic) bond motifs is 4. The molecular formula is C26H30N2O2. The van der Waals surface area contributed by atoms with Crippen LogP contribution in [0.15, 0.2) is 36.4 Å². The number of methoxy groups -OCH3 is 1. The van der Waals surface area contributed by atoms with Crippen LogP contribution in [0.5, 0.6) is 5.75 Å². The van der Waals surface area contributed by atoms with Crippen LogP contribution in [-0.4, -0.2) is 26.1 Å². The van der Waals surface area contributed by atoms with Gasteiger partial charge in [0.2, 0.25) is 0 Å². The van der Waals surface area contributed by atoms with Gasteiger partial charge in [0.25, 0.3) is 5.91 Å². The molecule has 2 aromatic carbocycles. The lowest BCUT2D eigenvalue weighted by Gasteiger charge is -2.46. The van der Waals surface area contributed by atoms with Gasteiger partial charge in [0, 0.05) is 24.5 Å². The number of amides is 1. The first-order valence-electron chi connectivity index (χ1n) is 11.6. The van der Waals surface area contributed by atoms with Gasteiger partial charge >= 0.3 is 0 Å². The number of carbonyl (C=O) groups is 1. The lowest BCUT2D eigenvalue weighted by molar-refractivity contribution is 0.102. The van der Waals surface area contributed by atoms with E-state index in [1.807, 2.05) is 24.3 Å². The summed E-state index contributed by atoms with van der Waals surface area (Å²) in [6, 6.07) is 12.0. The number of para-hydroxylation sites is 1. The van der Waals surface area contributed by atoms with Gasteiger partial charge in [-0.25, -0.2) is 0 Å². The fourth-order valence-electron chi connectivity index (χ4n) is 6.87. The first-order chi connectivity index (χ1) is 14.7. The Bertz CT molecular complexity index is 955. The van der Waals surface area contributed by atoms with Crippen molar-refractivity contribution in [2.75, 3.05) is 30.4 Å². The number of hydrogen-bond acceptors (Lipinski definition) is 3. The highest BCUT2D eigenvalue weighted by atomic mass is 16.5. The zero-order valence-corrected chi connectivity index (χ0v) is 17.7. The van der Waals surface area contributed by atoms with Crippen LogP contribution in [0.3, 0.4) is 0 Å². The molecule has 4 nitrogen and oxygen atoms in total. The van der Waals surface area contributed by atoms with Crippen LogP contribution in [0.2, 0.25) is 0 Å². The number of benzene rings is 2. The highest BCUT2D eigenvalue weighted by Crippen LogP contribution is 2.56. The van der Waals surface area contributed by atoms with Gasteiger partial charge in [-0.2, -0.15) is 0 Å². The van der Waals surface area contributed by atoms with E-state index in [4.69, 9.17) is 4.74 Å². The summed E-state index contributed by atoms with van der Waals surface area (Å²) in [5.41, 5.74) is 6.07. The van der Waals surface area contributed by atoms with Crippen molar-refractivity contribution in [3.63, 3.8) is 0 Å². The van der Waals surface area contributed by atoms with Gasteiger partial charge in [0.15, 0.2) is 0 Å². The van der Waals surface area contributed by atoms with E-state index in [-0.39, 0.29) is 5.91 Å². The van der Waals surface area contributed by atoms with E-state index in [9.17, 15) is 4.79 Å². The summed E-state index contributed by atoms with van der Waals surface area (Å²) in [5.74, 6) is 3.42. The zero-order chi connectivity index (χ0) is 20.2. The van der Waals surface area contributed by atoms with Crippen molar-refractivity contribution in [3.8, 4) is 5.75 Å². The van der Waals surface area contributed by atoms with E-state index in [0.717, 1.165) is 17.5 Å². The Morgan fingerprint density at radius 1 is 0.967 bits per heavy atom. The van der Waals surface area contributed by atoms with E-state index in [2.05, 4.69) is 22.3 Å². The molecule has 2 heterocycles. The van der Waals surface area contributed by atoms with Crippen LogP contribution in [0.25, 0.3) is 0 Å². The molecule has 2 saturated carbocycles. The quantitative estimate of drug-likeness (QED) is 0.732. The summed E-state index contributed by atoms with van der Waals surface area (Å²) in [7, 11) is 1.62. The van der Waals surface area contributed by atoms with Crippen molar-refractivity contribution >= 4 is 17.3 Å². The average Bonchev–Trinajstić information content (AvgIpc) is 3.43. The van der Waals surface area contributed by atoms with Crippen molar-refractivity contribution in [2.24, 2.45) is 11.8 Å². The molecule has 0 bridgehead atoms. The standard InChI is InChI=1S/C26H30N2O2/c1-30-24-11-3-2-8-21(24)26(29)27-18-12-22-19-9-4-6-16(19)14-28-15-17-7-5-10-20(17)23(13-18)25(22)28/h2-3,8,11-13,16-17,19-20H,4-7,9-10,14-15H2,1H3,(H,27,29)/t16-,17-,19+,20+/m1/s1. The van der Waals surface area contributed by atoms with E-state index >= 15 is 0 Å². The fourth-order valence-corrected chi connectivity index (χ4v) is 6.87. The topological polar surface area (TPSA) is 41.6 Å². The summed E-state index contributed by atoms with van der Waals surface area (Å²) in [5, 5.41) is 3.22. The third-order valence-corrected chi connectivity index (χ3v) is 8.12. The molecule has 0 saturated heterocycles. The molecule has 2 fully saturated rings. The van der Waals surface area contributed by atoms with Crippen molar-refractivity contribution < 1.29 is 9.53 Å². The molecule has 4 aliphatic rings. The maximum absolute atomic E-state index is 13.1. The monoisotopic (exact) mass is 402 g/mol. The molecule has 4 atom stereocenters. The minimum atomic E-state index is -0.0889. The molecular weight excluding hydrogens is 372 g/mol. The molecule has 2 aliphatic carbocycles. The van der Waals surface area contributed by atoms with Crippen LogP contribution in [0.4, 0.5) is 11.4 Å². The maximum atomic E-state index is 13.1. The van der Waals surface area contributed by atoms with Crippen LogP contribution in [0, 0.1) is 11.8 Å². The first-order valence-corrected chi connectivity index (χ1v) is 11.6. The molecule has 1 N–H and O–H groups in total. The average molecular weight is 403 g/mol. The Morgan fingerprint density at radius 2 is 1.60 bits per heavy atom. The molecule has 2 aliphatic heterocycles. The maximum Gasteiger partial charge on any atom is 0.259 e. The molecule has 30 heavy (non-hydrogen) atoms. The minimum absolute atomic E-state index is 0.0889. The highest BCUT2D eigenvalue weighted by Gasteiger charge is 2.44. The second-order valence-corrected chi connectivity index (χ2v) is 9.66. The first kappa shape index (κ1) is 18.3. The second-order valence-electron chi connectivity index (χ2n) is 9.66. The van der Waals surface area contributed by atoms with Crippen molar-refractivity contribution in [1.82, 2.24) is 0 Å². The summed E-state index contributed by atoms with van der Waals surface area (Å²) in [6.07, 6.45) is 7.96. The summed E-state index contributed by atoms with van der Waals surface area (Å²) >= 11 is 0. The summed E-state index contributed by atoms with van der Waals surface area (Å²) in [4.78, 5) is 15.8. The normalized spacial score (nSPS) is 28.5. The number of nitrogens with one attached hydrogen (secondary N) is 1. The van der Waals surface area contributed by atoms with Gasteiger partial charge in [0.05, 0.1) is 12.7 Å². The molecule has 156 valence electrons. The lowest BCUT2D eigenvalue weighted by atomic mass is 9.75. The minimum Gasteiger partial charge on any atom is -0.496 e. The predicted molar refractivity (Wildman–Crippen MR) is 120 cm³/mol. The number of rotatable bonds is 3. The largest absolute Gasteiger partial charge is 0.496 e. The van der Waals surface area contributed by atoms with E-state index in [1.54, 1.807) is 7.11 Å². The van der Waals surface area contributed by atoms with E-state index in [1.165, 1.54) is 68.4 Å². The Balaban J connectivity index is 1.42. The summed E-state index contributed by atoms with van der Waals surface area (Å²) in [6.45, 7) is 2.47. The summed E-state index contributed by atoms with van der Waals surface area (Å²) < 4.78 is 5.41. The van der Waals surface area contributed by atoms with Gasteiger partial charge in [-0.1, -0.05) is 25.0 Å². The van der Waals surface area contributed by atoms with Gasteiger partial charge in [-0.3, -0.25) is 4.79 Å². The molecule has 1 amide bonds. The molecule has 0 aromatic heterocycles. The highest BCUT2D eigenvalue weighted by molar-refractivity contribution is 6.06. The molecule has 0 spiro atoms. The van der Waals surface area contributed by atoms with Gasteiger partial charge in [-0.05, 0) is 84.7 Å². The van der Waals surface area contributed by atoms with Gasteiger partial charge < -0.3 is 15.0 Å². The van der Waals surface area contributed by atoms with Crippen LogP contribution in [0.1, 0.15) is 71.8 Å². The smallest absolute Gasteiger partial charge is 0.259 e. The van der Waals surface area contributed by atoms with Crippen molar-refractivity contribution in [3.05, 3.63) is 53.1 Å². The van der Waals surface area contributed by atoms with Gasteiger partial charge in [-0.15, -0.1) is 0 Å². The van der Waals surface area contributed by atoms with Gasteiger partial charge in [0.1, 0.15) is 5.75 Å². The Labute approximate surface area is 178 Å². The molecule has 6 rings (SSSR count). The zero-order valence-electron chi connectivity index (χ0n) is 17.7. The molecule has 4 heteroatoms. The van der Waals surface area contributed by atoms with Crippen molar-refractivity contribution in [1.29, 1.82) is 0 Å². The fraction of sp³-hybridized carbons (Fsp3) is 0.500. The second kappa shape index (κ2) is 7.04. The van der Waals surface area contributed by atoms with Crippen LogP contribution in [-0.2, 0) is 0 Å². The third-order valence-electron chi connectivity index (χ3n) is 8.12. The number of ether oxygens (including phenoxy) is 1. The van der Waals surface area contributed by atoms with Crippen LogP contribution < -0.4 is 15.0 Å². The Kier molecular flexibility index (Phi) is 4.29.